The predicted octanol–water partition coefficient (Wildman–Crippen LogP) is 3.64. The Morgan fingerprint density at radius 2 is 1.68 bits per heavy atom. The first-order chi connectivity index (χ1) is 12.1. The zero-order valence-electron chi connectivity index (χ0n) is 14.2. The van der Waals surface area contributed by atoms with Crippen molar-refractivity contribution in [3.05, 3.63) is 71.8 Å². The van der Waals surface area contributed by atoms with Gasteiger partial charge in [0.1, 0.15) is 0 Å². The molecule has 0 spiro atoms. The van der Waals surface area contributed by atoms with Crippen molar-refractivity contribution < 1.29 is 9.53 Å². The number of methoxy groups -OCH3 is 1. The maximum absolute atomic E-state index is 12.1. The molecule has 0 atom stereocenters. The number of aromatic nitrogens is 2. The van der Waals surface area contributed by atoms with Gasteiger partial charge < -0.3 is 10.1 Å². The first kappa shape index (κ1) is 16.6. The van der Waals surface area contributed by atoms with Crippen LogP contribution in [0.25, 0.3) is 11.3 Å². The van der Waals surface area contributed by atoms with E-state index in [0.29, 0.717) is 12.3 Å². The average molecular weight is 333 g/mol. The molecule has 0 fully saturated rings. The Labute approximate surface area is 146 Å². The molecule has 126 valence electrons. The van der Waals surface area contributed by atoms with Crippen molar-refractivity contribution in [1.29, 1.82) is 0 Å². The fourth-order valence-corrected chi connectivity index (χ4v) is 2.40. The van der Waals surface area contributed by atoms with Gasteiger partial charge in [0.15, 0.2) is 0 Å². The highest BCUT2D eigenvalue weighted by molar-refractivity contribution is 5.92. The number of hydrogen-bond donors (Lipinski definition) is 1. The lowest BCUT2D eigenvalue weighted by Crippen LogP contribution is -2.14. The van der Waals surface area contributed by atoms with Crippen LogP contribution in [0.2, 0.25) is 0 Å². The van der Waals surface area contributed by atoms with Crippen molar-refractivity contribution >= 4 is 11.6 Å². The standard InChI is InChI=1S/C20H19N3O2/c1-14-3-5-15(6-4-14)13-19(24)21-17-9-7-16(8-10-17)18-11-12-20(25-2)23-22-18/h3-12H,13H2,1-2H3,(H,21,24). The number of hydrogen-bond acceptors (Lipinski definition) is 4. The van der Waals surface area contributed by atoms with Gasteiger partial charge in [-0.25, -0.2) is 0 Å². The van der Waals surface area contributed by atoms with E-state index >= 15 is 0 Å². The Morgan fingerprint density at radius 3 is 2.28 bits per heavy atom. The monoisotopic (exact) mass is 333 g/mol. The first-order valence-corrected chi connectivity index (χ1v) is 7.97. The number of carbonyl (C=O) groups excluding carboxylic acids is 1. The van der Waals surface area contributed by atoms with E-state index in [1.54, 1.807) is 13.2 Å². The molecule has 1 aromatic heterocycles. The van der Waals surface area contributed by atoms with E-state index in [0.717, 1.165) is 22.5 Å². The molecule has 0 aliphatic heterocycles. The summed E-state index contributed by atoms with van der Waals surface area (Å²) in [5, 5.41) is 11.0. The molecule has 0 radical (unpaired) electrons. The highest BCUT2D eigenvalue weighted by Gasteiger charge is 2.06. The molecule has 0 saturated heterocycles. The van der Waals surface area contributed by atoms with E-state index in [1.807, 2.05) is 61.5 Å². The number of ether oxygens (including phenoxy) is 1. The van der Waals surface area contributed by atoms with E-state index < -0.39 is 0 Å². The quantitative estimate of drug-likeness (QED) is 0.774. The zero-order chi connectivity index (χ0) is 17.6. The number of nitrogens with zero attached hydrogens (tertiary/aromatic N) is 2. The Balaban J connectivity index is 1.63. The maximum Gasteiger partial charge on any atom is 0.233 e. The molecule has 3 rings (SSSR count). The highest BCUT2D eigenvalue weighted by atomic mass is 16.5. The van der Waals surface area contributed by atoms with Crippen molar-refractivity contribution in [3.63, 3.8) is 0 Å². The molecule has 5 heteroatoms. The summed E-state index contributed by atoms with van der Waals surface area (Å²) in [7, 11) is 1.55. The molecule has 0 bridgehead atoms. The topological polar surface area (TPSA) is 64.1 Å². The number of nitrogens with one attached hydrogen (secondary N) is 1. The maximum atomic E-state index is 12.1. The summed E-state index contributed by atoms with van der Waals surface area (Å²) >= 11 is 0. The second-order valence-corrected chi connectivity index (χ2v) is 5.75. The minimum atomic E-state index is -0.0409. The van der Waals surface area contributed by atoms with Crippen molar-refractivity contribution in [2.45, 2.75) is 13.3 Å². The molecule has 5 nitrogen and oxygen atoms in total. The molecule has 0 aliphatic carbocycles. The molecule has 25 heavy (non-hydrogen) atoms. The Hall–Kier alpha value is -3.21. The van der Waals surface area contributed by atoms with Gasteiger partial charge in [0.25, 0.3) is 0 Å². The molecule has 2 aromatic carbocycles. The first-order valence-electron chi connectivity index (χ1n) is 7.97. The van der Waals surface area contributed by atoms with Crippen molar-refractivity contribution in [3.8, 4) is 17.1 Å². The van der Waals surface area contributed by atoms with Gasteiger partial charge in [-0.2, -0.15) is 0 Å². The van der Waals surface area contributed by atoms with Crippen LogP contribution >= 0.6 is 0 Å². The van der Waals surface area contributed by atoms with Gasteiger partial charge in [-0.15, -0.1) is 10.2 Å². The lowest BCUT2D eigenvalue weighted by Gasteiger charge is -2.07. The lowest BCUT2D eigenvalue weighted by atomic mass is 10.1. The summed E-state index contributed by atoms with van der Waals surface area (Å²) in [6, 6.07) is 19.1. The van der Waals surface area contributed by atoms with Crippen molar-refractivity contribution in [2.24, 2.45) is 0 Å². The molecular weight excluding hydrogens is 314 g/mol. The Morgan fingerprint density at radius 1 is 0.960 bits per heavy atom. The summed E-state index contributed by atoms with van der Waals surface area (Å²) in [6.07, 6.45) is 0.353. The molecule has 0 aliphatic rings. The summed E-state index contributed by atoms with van der Waals surface area (Å²) in [6.45, 7) is 2.03. The zero-order valence-corrected chi connectivity index (χ0v) is 14.2. The van der Waals surface area contributed by atoms with Gasteiger partial charge in [0.05, 0.1) is 19.2 Å². The van der Waals surface area contributed by atoms with Gasteiger partial charge in [-0.1, -0.05) is 42.0 Å². The third kappa shape index (κ3) is 4.41. The Kier molecular flexibility index (Phi) is 5.04. The third-order valence-electron chi connectivity index (χ3n) is 3.80. The minimum Gasteiger partial charge on any atom is -0.480 e. The van der Waals surface area contributed by atoms with Crippen LogP contribution in [0.4, 0.5) is 5.69 Å². The largest absolute Gasteiger partial charge is 0.480 e. The lowest BCUT2D eigenvalue weighted by molar-refractivity contribution is -0.115. The second-order valence-electron chi connectivity index (χ2n) is 5.75. The van der Waals surface area contributed by atoms with E-state index in [-0.39, 0.29) is 5.91 Å². The summed E-state index contributed by atoms with van der Waals surface area (Å²) < 4.78 is 5.00. The number of aryl methyl sites for hydroxylation is 1. The van der Waals surface area contributed by atoms with Crippen molar-refractivity contribution in [2.75, 3.05) is 12.4 Å². The van der Waals surface area contributed by atoms with Crippen LogP contribution in [0, 0.1) is 6.92 Å². The number of rotatable bonds is 5. The van der Waals surface area contributed by atoms with Gasteiger partial charge in [0.2, 0.25) is 11.8 Å². The predicted molar refractivity (Wildman–Crippen MR) is 97.5 cm³/mol. The molecule has 0 saturated carbocycles. The third-order valence-corrected chi connectivity index (χ3v) is 3.80. The molecule has 3 aromatic rings. The molecule has 1 amide bonds. The minimum absolute atomic E-state index is 0.0409. The highest BCUT2D eigenvalue weighted by Crippen LogP contribution is 2.20. The van der Waals surface area contributed by atoms with Crippen LogP contribution in [0.3, 0.4) is 0 Å². The van der Waals surface area contributed by atoms with E-state index in [9.17, 15) is 4.79 Å². The second kappa shape index (κ2) is 7.57. The average Bonchev–Trinajstić information content (AvgIpc) is 2.64. The van der Waals surface area contributed by atoms with E-state index in [1.165, 1.54) is 5.56 Å². The van der Waals surface area contributed by atoms with Crippen LogP contribution in [-0.2, 0) is 11.2 Å². The molecular formula is C20H19N3O2. The number of amides is 1. The van der Waals surface area contributed by atoms with Gasteiger partial charge in [-0.3, -0.25) is 4.79 Å². The van der Waals surface area contributed by atoms with Crippen LogP contribution < -0.4 is 10.1 Å². The normalized spacial score (nSPS) is 10.3. The Bertz CT molecular complexity index is 842. The SMILES string of the molecule is COc1ccc(-c2ccc(NC(=O)Cc3ccc(C)cc3)cc2)nn1. The molecule has 1 heterocycles. The smallest absolute Gasteiger partial charge is 0.233 e. The fraction of sp³-hybridized carbons (Fsp3) is 0.150. The van der Waals surface area contributed by atoms with Crippen LogP contribution in [0.1, 0.15) is 11.1 Å². The number of benzene rings is 2. The molecule has 1 N–H and O–H groups in total. The van der Waals surface area contributed by atoms with Crippen molar-refractivity contribution in [1.82, 2.24) is 10.2 Å². The van der Waals surface area contributed by atoms with E-state index in [2.05, 4.69) is 15.5 Å². The van der Waals surface area contributed by atoms with Gasteiger partial charge in [-0.05, 0) is 30.7 Å². The fourth-order valence-electron chi connectivity index (χ4n) is 2.40. The van der Waals surface area contributed by atoms with Gasteiger partial charge in [0, 0.05) is 17.3 Å². The van der Waals surface area contributed by atoms with E-state index in [4.69, 9.17) is 4.74 Å². The van der Waals surface area contributed by atoms with Crippen LogP contribution in [0.5, 0.6) is 5.88 Å². The number of anilines is 1. The van der Waals surface area contributed by atoms with Crippen LogP contribution in [0.15, 0.2) is 60.7 Å². The summed E-state index contributed by atoms with van der Waals surface area (Å²) in [5.41, 5.74) is 4.60. The summed E-state index contributed by atoms with van der Waals surface area (Å²) in [4.78, 5) is 12.1. The summed E-state index contributed by atoms with van der Waals surface area (Å²) in [5.74, 6) is 0.435. The van der Waals surface area contributed by atoms with Crippen LogP contribution in [-0.4, -0.2) is 23.2 Å². The molecule has 0 unspecified atom stereocenters. The number of carbonyl (C=O) groups is 1. The van der Waals surface area contributed by atoms with Gasteiger partial charge >= 0.3 is 0 Å².